The van der Waals surface area contributed by atoms with Gasteiger partial charge < -0.3 is 15.2 Å². The Morgan fingerprint density at radius 3 is 2.78 bits per heavy atom. The maximum atomic E-state index is 10.5. The van der Waals surface area contributed by atoms with Gasteiger partial charge in [0, 0.05) is 30.7 Å². The molecule has 1 amide bonds. The van der Waals surface area contributed by atoms with E-state index >= 15 is 0 Å². The monoisotopic (exact) mass is 256 g/mol. The molecule has 0 atom stereocenters. The number of ether oxygens (including phenoxy) is 1. The predicted molar refractivity (Wildman–Crippen MR) is 66.4 cm³/mol. The van der Waals surface area contributed by atoms with Crippen molar-refractivity contribution < 1.29 is 14.6 Å². The molecular formula is C11H20N4O3. The standard InChI is InChI=1S/C11H20N4O3/c12-15-13-6-1-7-18-8-9-2-4-10(5-3-9)14-11(16)17/h9-10,14H,1-8H2,(H,16,17). The van der Waals surface area contributed by atoms with Crippen LogP contribution < -0.4 is 5.32 Å². The molecule has 7 nitrogen and oxygen atoms in total. The maximum Gasteiger partial charge on any atom is 0.404 e. The topological polar surface area (TPSA) is 107 Å². The first kappa shape index (κ1) is 14.6. The van der Waals surface area contributed by atoms with E-state index in [0.29, 0.717) is 19.1 Å². The van der Waals surface area contributed by atoms with Crippen molar-refractivity contribution >= 4 is 6.09 Å². The minimum absolute atomic E-state index is 0.101. The van der Waals surface area contributed by atoms with E-state index < -0.39 is 6.09 Å². The number of carboxylic acid groups (broad SMARTS) is 1. The quantitative estimate of drug-likeness (QED) is 0.316. The minimum atomic E-state index is -0.937. The highest BCUT2D eigenvalue weighted by Crippen LogP contribution is 2.24. The van der Waals surface area contributed by atoms with Crippen LogP contribution in [0.4, 0.5) is 4.79 Å². The van der Waals surface area contributed by atoms with Crippen LogP contribution in [0.5, 0.6) is 0 Å². The third-order valence-corrected chi connectivity index (χ3v) is 3.14. The third-order valence-electron chi connectivity index (χ3n) is 3.14. The van der Waals surface area contributed by atoms with Crippen LogP contribution in [0.25, 0.3) is 10.4 Å². The van der Waals surface area contributed by atoms with Crippen molar-refractivity contribution in [2.75, 3.05) is 19.8 Å². The summed E-state index contributed by atoms with van der Waals surface area (Å²) in [4.78, 5) is 13.1. The van der Waals surface area contributed by atoms with Gasteiger partial charge in [0.15, 0.2) is 0 Å². The number of rotatable bonds is 7. The highest BCUT2D eigenvalue weighted by molar-refractivity contribution is 5.64. The number of nitrogens with zero attached hydrogens (tertiary/aromatic N) is 3. The third kappa shape index (κ3) is 6.32. The van der Waals surface area contributed by atoms with Gasteiger partial charge in [-0.3, -0.25) is 0 Å². The van der Waals surface area contributed by atoms with Crippen LogP contribution in [-0.2, 0) is 4.74 Å². The van der Waals surface area contributed by atoms with Gasteiger partial charge in [0.05, 0.1) is 0 Å². The highest BCUT2D eigenvalue weighted by atomic mass is 16.5. The zero-order chi connectivity index (χ0) is 13.2. The number of carbonyl (C=O) groups is 1. The Morgan fingerprint density at radius 1 is 1.44 bits per heavy atom. The van der Waals surface area contributed by atoms with Crippen molar-refractivity contribution in [1.82, 2.24) is 5.32 Å². The van der Waals surface area contributed by atoms with Crippen LogP contribution in [0.3, 0.4) is 0 Å². The van der Waals surface area contributed by atoms with E-state index in [2.05, 4.69) is 15.3 Å². The Labute approximate surface area is 106 Å². The lowest BCUT2D eigenvalue weighted by Gasteiger charge is -2.28. The molecule has 0 aliphatic heterocycles. The normalized spacial score (nSPS) is 23.1. The molecule has 102 valence electrons. The summed E-state index contributed by atoms with van der Waals surface area (Å²) in [7, 11) is 0. The number of azide groups is 1. The molecule has 0 aromatic carbocycles. The summed E-state index contributed by atoms with van der Waals surface area (Å²) < 4.78 is 5.52. The first-order chi connectivity index (χ1) is 8.72. The average Bonchev–Trinajstić information content (AvgIpc) is 2.35. The Hall–Kier alpha value is -1.46. The van der Waals surface area contributed by atoms with Gasteiger partial charge in [-0.2, -0.15) is 0 Å². The second kappa shape index (κ2) is 8.60. The lowest BCUT2D eigenvalue weighted by molar-refractivity contribution is 0.0801. The molecule has 0 radical (unpaired) electrons. The fourth-order valence-electron chi connectivity index (χ4n) is 2.18. The number of hydrogen-bond acceptors (Lipinski definition) is 3. The summed E-state index contributed by atoms with van der Waals surface area (Å²) in [6.45, 7) is 1.81. The maximum absolute atomic E-state index is 10.5. The van der Waals surface area contributed by atoms with Gasteiger partial charge in [-0.25, -0.2) is 4.79 Å². The minimum Gasteiger partial charge on any atom is -0.465 e. The van der Waals surface area contributed by atoms with Gasteiger partial charge in [0.25, 0.3) is 0 Å². The van der Waals surface area contributed by atoms with Crippen LogP contribution >= 0.6 is 0 Å². The molecule has 0 aromatic rings. The molecule has 1 fully saturated rings. The molecule has 0 unspecified atom stereocenters. The van der Waals surface area contributed by atoms with Gasteiger partial charge in [-0.05, 0) is 43.6 Å². The van der Waals surface area contributed by atoms with E-state index in [0.717, 1.165) is 38.7 Å². The molecule has 0 bridgehead atoms. The van der Waals surface area contributed by atoms with Crippen LogP contribution in [0.2, 0.25) is 0 Å². The molecule has 0 heterocycles. The van der Waals surface area contributed by atoms with E-state index in [9.17, 15) is 4.79 Å². The van der Waals surface area contributed by atoms with E-state index in [1.54, 1.807) is 0 Å². The number of nitrogens with one attached hydrogen (secondary N) is 1. The zero-order valence-electron chi connectivity index (χ0n) is 10.4. The molecule has 1 aliphatic rings. The lowest BCUT2D eigenvalue weighted by Crippen LogP contribution is -2.37. The number of hydrogen-bond donors (Lipinski definition) is 2. The van der Waals surface area contributed by atoms with E-state index in [-0.39, 0.29) is 6.04 Å². The summed E-state index contributed by atoms with van der Waals surface area (Å²) in [5.41, 5.74) is 8.08. The Balaban J connectivity index is 2.01. The highest BCUT2D eigenvalue weighted by Gasteiger charge is 2.22. The van der Waals surface area contributed by atoms with Crippen molar-refractivity contribution in [2.45, 2.75) is 38.1 Å². The van der Waals surface area contributed by atoms with E-state index in [4.69, 9.17) is 15.4 Å². The average molecular weight is 256 g/mol. The largest absolute Gasteiger partial charge is 0.465 e. The Kier molecular flexibility index (Phi) is 6.98. The van der Waals surface area contributed by atoms with Crippen LogP contribution in [-0.4, -0.2) is 37.0 Å². The van der Waals surface area contributed by atoms with Crippen molar-refractivity contribution in [2.24, 2.45) is 11.0 Å². The molecule has 1 saturated carbocycles. The van der Waals surface area contributed by atoms with Crippen molar-refractivity contribution in [3.05, 3.63) is 10.4 Å². The summed E-state index contributed by atoms with van der Waals surface area (Å²) in [6.07, 6.45) is 3.59. The molecule has 1 rings (SSSR count). The lowest BCUT2D eigenvalue weighted by atomic mass is 9.86. The molecular weight excluding hydrogens is 236 g/mol. The Morgan fingerprint density at radius 2 is 2.17 bits per heavy atom. The van der Waals surface area contributed by atoms with Crippen molar-refractivity contribution in [1.29, 1.82) is 0 Å². The smallest absolute Gasteiger partial charge is 0.404 e. The summed E-state index contributed by atoms with van der Waals surface area (Å²) >= 11 is 0. The van der Waals surface area contributed by atoms with Gasteiger partial charge in [-0.15, -0.1) is 0 Å². The molecule has 2 N–H and O–H groups in total. The first-order valence-electron chi connectivity index (χ1n) is 6.30. The second-order valence-electron chi connectivity index (χ2n) is 4.55. The first-order valence-corrected chi connectivity index (χ1v) is 6.30. The number of amides is 1. The molecule has 0 spiro atoms. The van der Waals surface area contributed by atoms with Gasteiger partial charge >= 0.3 is 6.09 Å². The predicted octanol–water partition coefficient (Wildman–Crippen LogP) is 2.53. The van der Waals surface area contributed by atoms with Crippen LogP contribution in [0.15, 0.2) is 5.11 Å². The second-order valence-corrected chi connectivity index (χ2v) is 4.55. The molecule has 0 aromatic heterocycles. The zero-order valence-corrected chi connectivity index (χ0v) is 10.4. The molecule has 0 saturated heterocycles. The fourth-order valence-corrected chi connectivity index (χ4v) is 2.18. The molecule has 1 aliphatic carbocycles. The van der Waals surface area contributed by atoms with Gasteiger partial charge in [0.2, 0.25) is 0 Å². The van der Waals surface area contributed by atoms with E-state index in [1.807, 2.05) is 0 Å². The van der Waals surface area contributed by atoms with E-state index in [1.165, 1.54) is 0 Å². The van der Waals surface area contributed by atoms with Crippen LogP contribution in [0.1, 0.15) is 32.1 Å². The van der Waals surface area contributed by atoms with Crippen molar-refractivity contribution in [3.8, 4) is 0 Å². The van der Waals surface area contributed by atoms with Crippen LogP contribution in [0, 0.1) is 5.92 Å². The SMILES string of the molecule is [N-]=[N+]=NCCCOCC1CCC(NC(=O)O)CC1. The van der Waals surface area contributed by atoms with Gasteiger partial charge in [0.1, 0.15) is 0 Å². The molecule has 18 heavy (non-hydrogen) atoms. The summed E-state index contributed by atoms with van der Waals surface area (Å²) in [6, 6.07) is 0.101. The summed E-state index contributed by atoms with van der Waals surface area (Å²) in [5.74, 6) is 0.524. The van der Waals surface area contributed by atoms with Gasteiger partial charge in [-0.1, -0.05) is 5.11 Å². The van der Waals surface area contributed by atoms with Crippen molar-refractivity contribution in [3.63, 3.8) is 0 Å². The Bertz CT molecular complexity index is 297. The molecule has 7 heteroatoms. The fraction of sp³-hybridized carbons (Fsp3) is 0.909. The summed E-state index contributed by atoms with van der Waals surface area (Å²) in [5, 5.41) is 14.6.